The second-order valence-electron chi connectivity index (χ2n) is 5.63. The average molecular weight is 220 g/mol. The molecule has 0 saturated heterocycles. The number of fused-ring (bicyclic) bond motifs is 3. The molecule has 4 rings (SSSR count). The predicted molar refractivity (Wildman–Crippen MR) is 62.2 cm³/mol. The molecular weight excluding hydrogens is 201 g/mol. The summed E-state index contributed by atoms with van der Waals surface area (Å²) in [6, 6.07) is 8.55. The molecule has 3 fully saturated rings. The maximum atomic E-state index is 14.1. The van der Waals surface area contributed by atoms with E-state index >= 15 is 0 Å². The molecule has 3 aliphatic rings. The molecule has 0 aromatic heterocycles. The van der Waals surface area contributed by atoms with Crippen molar-refractivity contribution in [1.82, 2.24) is 0 Å². The van der Waals surface area contributed by atoms with Gasteiger partial charge in [0, 0.05) is 0 Å². The Morgan fingerprint density at radius 1 is 0.875 bits per heavy atom. The van der Waals surface area contributed by atoms with Crippen molar-refractivity contribution in [3.05, 3.63) is 29.8 Å². The fraction of sp³-hybridized carbons (Fsp3) is 0.571. The summed E-state index contributed by atoms with van der Waals surface area (Å²) in [5.41, 5.74) is 5.84. The summed E-state index contributed by atoms with van der Waals surface area (Å²) in [6.07, 6.45) is 5.37. The van der Waals surface area contributed by atoms with E-state index in [0.29, 0.717) is 0 Å². The quantitative estimate of drug-likeness (QED) is 0.753. The van der Waals surface area contributed by atoms with Crippen molar-refractivity contribution in [1.29, 1.82) is 0 Å². The summed E-state index contributed by atoms with van der Waals surface area (Å²) in [5.74, 6) is 0. The van der Waals surface area contributed by atoms with Gasteiger partial charge in [-0.05, 0) is 61.6 Å². The van der Waals surface area contributed by atoms with Crippen LogP contribution in [0.2, 0.25) is 0 Å². The van der Waals surface area contributed by atoms with E-state index in [9.17, 15) is 4.39 Å². The minimum atomic E-state index is -0.825. The number of hydrogen-bond donors (Lipinski definition) is 1. The summed E-state index contributed by atoms with van der Waals surface area (Å²) in [4.78, 5) is 0. The first-order valence-corrected chi connectivity index (χ1v) is 6.24. The molecule has 0 radical (unpaired) electrons. The van der Waals surface area contributed by atoms with E-state index < -0.39 is 5.67 Å². The van der Waals surface area contributed by atoms with E-state index in [1.54, 1.807) is 0 Å². The number of quaternary nitrogens is 1. The molecule has 2 bridgehead atoms. The monoisotopic (exact) mass is 220 g/mol. The molecule has 0 atom stereocenters. The highest BCUT2D eigenvalue weighted by Crippen LogP contribution is 2.55. The maximum absolute atomic E-state index is 14.1. The first-order valence-electron chi connectivity index (χ1n) is 6.24. The van der Waals surface area contributed by atoms with Crippen molar-refractivity contribution in [2.45, 2.75) is 49.6 Å². The first-order chi connectivity index (χ1) is 7.62. The molecule has 3 N–H and O–H groups in total. The number of hydrogen-bond acceptors (Lipinski definition) is 0. The summed E-state index contributed by atoms with van der Waals surface area (Å²) in [6.45, 7) is 0. The van der Waals surface area contributed by atoms with Crippen molar-refractivity contribution < 1.29 is 10.1 Å². The van der Waals surface area contributed by atoms with Crippen LogP contribution in [0.5, 0.6) is 0 Å². The molecule has 0 unspecified atom stereocenters. The van der Waals surface area contributed by atoms with Gasteiger partial charge in [0.25, 0.3) is 0 Å². The summed E-state index contributed by atoms with van der Waals surface area (Å²) in [7, 11) is 0. The Morgan fingerprint density at radius 2 is 1.38 bits per heavy atom. The molecule has 1 aromatic rings. The van der Waals surface area contributed by atoms with E-state index in [4.69, 9.17) is 0 Å². The zero-order chi connectivity index (χ0) is 11.2. The molecule has 3 aliphatic carbocycles. The van der Waals surface area contributed by atoms with Gasteiger partial charge in [-0.15, -0.1) is 0 Å². The van der Waals surface area contributed by atoms with Crippen LogP contribution in [0.1, 0.15) is 44.1 Å². The van der Waals surface area contributed by atoms with Crippen LogP contribution in [0.4, 0.5) is 10.1 Å². The minimum Gasteiger partial charge on any atom is -0.325 e. The Labute approximate surface area is 95.8 Å². The number of halogens is 1. The van der Waals surface area contributed by atoms with E-state index in [1.165, 1.54) is 5.56 Å². The summed E-state index contributed by atoms with van der Waals surface area (Å²) >= 11 is 0. The van der Waals surface area contributed by atoms with Crippen LogP contribution >= 0.6 is 0 Å². The third-order valence-electron chi connectivity index (χ3n) is 4.72. The van der Waals surface area contributed by atoms with Gasteiger partial charge in [-0.25, -0.2) is 4.39 Å². The lowest BCUT2D eigenvalue weighted by atomic mass is 9.57. The van der Waals surface area contributed by atoms with E-state index in [1.807, 2.05) is 0 Å². The van der Waals surface area contributed by atoms with Gasteiger partial charge in [-0.3, -0.25) is 0 Å². The second-order valence-corrected chi connectivity index (χ2v) is 5.63. The Balaban J connectivity index is 1.92. The maximum Gasteiger partial charge on any atom is 0.127 e. The van der Waals surface area contributed by atoms with Gasteiger partial charge in [0.15, 0.2) is 0 Å². The van der Waals surface area contributed by atoms with Gasteiger partial charge in [0.1, 0.15) is 11.4 Å². The van der Waals surface area contributed by atoms with E-state index in [2.05, 4.69) is 30.0 Å². The molecule has 86 valence electrons. The lowest BCUT2D eigenvalue weighted by Gasteiger charge is -2.50. The van der Waals surface area contributed by atoms with Gasteiger partial charge >= 0.3 is 0 Å². The minimum absolute atomic E-state index is 0.279. The van der Waals surface area contributed by atoms with Crippen molar-refractivity contribution in [3.8, 4) is 0 Å². The number of alkyl halides is 1. The molecule has 2 heteroatoms. The predicted octanol–water partition coefficient (Wildman–Crippen LogP) is 2.87. The highest BCUT2D eigenvalue weighted by atomic mass is 19.1. The standard InChI is InChI=1S/C14H18FN/c15-14-8-5-13(6-9-14,7-10-14)11-1-3-12(16)4-2-11/h1-4H,5-10,16H2/p+1. The highest BCUT2D eigenvalue weighted by molar-refractivity contribution is 5.36. The van der Waals surface area contributed by atoms with Crippen molar-refractivity contribution in [2.75, 3.05) is 0 Å². The molecule has 1 aromatic carbocycles. The first kappa shape index (κ1) is 10.3. The Bertz CT molecular complexity index is 371. The SMILES string of the molecule is [NH3+]c1ccc(C23CCC(F)(CC2)CC3)cc1. The summed E-state index contributed by atoms with van der Waals surface area (Å²) in [5, 5.41) is 0. The van der Waals surface area contributed by atoms with Crippen LogP contribution in [0.3, 0.4) is 0 Å². The van der Waals surface area contributed by atoms with Crippen LogP contribution in [0.15, 0.2) is 24.3 Å². The Hall–Kier alpha value is -0.890. The zero-order valence-corrected chi connectivity index (χ0v) is 9.64. The number of benzene rings is 1. The fourth-order valence-electron chi connectivity index (χ4n) is 3.43. The molecule has 0 aliphatic heterocycles. The lowest BCUT2D eigenvalue weighted by Crippen LogP contribution is -2.46. The van der Waals surface area contributed by atoms with Crippen LogP contribution < -0.4 is 5.73 Å². The summed E-state index contributed by atoms with van der Waals surface area (Å²) < 4.78 is 14.1. The Morgan fingerprint density at radius 3 is 1.88 bits per heavy atom. The second kappa shape index (κ2) is 3.30. The Kier molecular flexibility index (Phi) is 2.12. The van der Waals surface area contributed by atoms with Crippen molar-refractivity contribution in [3.63, 3.8) is 0 Å². The molecule has 0 spiro atoms. The lowest BCUT2D eigenvalue weighted by molar-refractivity contribution is -0.254. The van der Waals surface area contributed by atoms with E-state index in [0.717, 1.165) is 44.2 Å². The van der Waals surface area contributed by atoms with Crippen LogP contribution in [0.25, 0.3) is 0 Å². The molecule has 1 nitrogen and oxygen atoms in total. The fourth-order valence-corrected chi connectivity index (χ4v) is 3.43. The van der Waals surface area contributed by atoms with Crippen molar-refractivity contribution >= 4 is 5.69 Å². The zero-order valence-electron chi connectivity index (χ0n) is 9.64. The van der Waals surface area contributed by atoms with E-state index in [-0.39, 0.29) is 5.41 Å². The van der Waals surface area contributed by atoms with Crippen molar-refractivity contribution in [2.24, 2.45) is 0 Å². The molecule has 16 heavy (non-hydrogen) atoms. The van der Waals surface area contributed by atoms with Crippen LogP contribution in [-0.4, -0.2) is 5.67 Å². The van der Waals surface area contributed by atoms with Gasteiger partial charge in [-0.2, -0.15) is 0 Å². The largest absolute Gasteiger partial charge is 0.325 e. The highest BCUT2D eigenvalue weighted by Gasteiger charge is 2.49. The molecule has 0 heterocycles. The van der Waals surface area contributed by atoms with Crippen LogP contribution in [0, 0.1) is 0 Å². The normalized spacial score (nSPS) is 37.6. The topological polar surface area (TPSA) is 27.6 Å². The van der Waals surface area contributed by atoms with Gasteiger partial charge in [0.05, 0.1) is 0 Å². The van der Waals surface area contributed by atoms with Gasteiger partial charge in [0.2, 0.25) is 0 Å². The molecular formula is C14H19FN+. The third kappa shape index (κ3) is 1.47. The van der Waals surface area contributed by atoms with Gasteiger partial charge in [-0.1, -0.05) is 12.1 Å². The van der Waals surface area contributed by atoms with Gasteiger partial charge < -0.3 is 5.73 Å². The van der Waals surface area contributed by atoms with Crippen LogP contribution in [-0.2, 0) is 5.41 Å². The smallest absolute Gasteiger partial charge is 0.127 e. The average Bonchev–Trinajstić information content (AvgIpc) is 2.31. The molecule has 0 amide bonds. The number of rotatable bonds is 1. The third-order valence-corrected chi connectivity index (χ3v) is 4.72. The molecule has 3 saturated carbocycles.